The minimum absolute atomic E-state index is 0.0243. The number of piperidine rings is 1. The number of hydrogen-bond acceptors (Lipinski definition) is 5. The zero-order chi connectivity index (χ0) is 23.4. The van der Waals surface area contributed by atoms with Gasteiger partial charge < -0.3 is 15.0 Å². The Morgan fingerprint density at radius 1 is 0.939 bits per heavy atom. The van der Waals surface area contributed by atoms with Crippen LogP contribution in [0.2, 0.25) is 0 Å². The summed E-state index contributed by atoms with van der Waals surface area (Å²) in [5.41, 5.74) is 2.50. The van der Waals surface area contributed by atoms with Crippen molar-refractivity contribution in [3.63, 3.8) is 0 Å². The summed E-state index contributed by atoms with van der Waals surface area (Å²) in [6.07, 6.45) is 1.37. The maximum Gasteiger partial charge on any atom is 0.243 e. The fourth-order valence-electron chi connectivity index (χ4n) is 4.32. The Morgan fingerprint density at radius 3 is 2.15 bits per heavy atom. The van der Waals surface area contributed by atoms with Crippen LogP contribution in [-0.2, 0) is 24.3 Å². The summed E-state index contributed by atoms with van der Waals surface area (Å²) in [6.45, 7) is 4.28. The van der Waals surface area contributed by atoms with Crippen LogP contribution in [0.5, 0.6) is 0 Å². The lowest BCUT2D eigenvalue weighted by Crippen LogP contribution is -2.49. The zero-order valence-electron chi connectivity index (χ0n) is 18.7. The van der Waals surface area contributed by atoms with Gasteiger partial charge in [0.05, 0.1) is 24.0 Å². The van der Waals surface area contributed by atoms with E-state index in [-0.39, 0.29) is 29.2 Å². The predicted octanol–water partition coefficient (Wildman–Crippen LogP) is 2.57. The number of carbonyl (C=O) groups is 2. The maximum absolute atomic E-state index is 13.3. The number of hydrogen-bond donors (Lipinski definition) is 1. The molecule has 0 spiro atoms. The van der Waals surface area contributed by atoms with E-state index in [0.29, 0.717) is 51.4 Å². The molecule has 2 fully saturated rings. The first-order valence-electron chi connectivity index (χ1n) is 11.2. The molecule has 1 atom stereocenters. The first-order valence-corrected chi connectivity index (χ1v) is 12.6. The molecule has 1 N–H and O–H groups in total. The van der Waals surface area contributed by atoms with E-state index in [1.54, 1.807) is 41.3 Å². The molecule has 2 aliphatic heterocycles. The molecule has 0 aromatic heterocycles. The van der Waals surface area contributed by atoms with E-state index >= 15 is 0 Å². The van der Waals surface area contributed by atoms with Gasteiger partial charge >= 0.3 is 0 Å². The molecule has 0 radical (unpaired) electrons. The summed E-state index contributed by atoms with van der Waals surface area (Å²) in [5.74, 6) is -0.423. The average molecular weight is 472 g/mol. The molecular weight excluding hydrogens is 442 g/mol. The molecule has 2 aromatic carbocycles. The zero-order valence-corrected chi connectivity index (χ0v) is 19.5. The minimum atomic E-state index is -3.69. The monoisotopic (exact) mass is 471 g/mol. The molecule has 8 nitrogen and oxygen atoms in total. The van der Waals surface area contributed by atoms with Crippen molar-refractivity contribution in [3.05, 3.63) is 48.5 Å². The molecule has 9 heteroatoms. The number of rotatable bonds is 5. The number of nitrogens with one attached hydrogen (secondary N) is 1. The van der Waals surface area contributed by atoms with E-state index in [1.165, 1.54) is 11.2 Å². The number of nitrogens with zero attached hydrogens (tertiary/aromatic N) is 2. The minimum Gasteiger partial charge on any atom is -0.378 e. The Balaban J connectivity index is 1.45. The highest BCUT2D eigenvalue weighted by atomic mass is 32.2. The third-order valence-electron chi connectivity index (χ3n) is 6.09. The molecule has 0 saturated carbocycles. The van der Waals surface area contributed by atoms with Crippen LogP contribution < -0.4 is 5.32 Å². The second kappa shape index (κ2) is 10.0. The quantitative estimate of drug-likeness (QED) is 0.723. The molecule has 4 rings (SSSR count). The highest BCUT2D eigenvalue weighted by Crippen LogP contribution is 2.28. The van der Waals surface area contributed by atoms with Crippen LogP contribution in [0.4, 0.5) is 5.69 Å². The van der Waals surface area contributed by atoms with E-state index < -0.39 is 10.0 Å². The van der Waals surface area contributed by atoms with E-state index in [4.69, 9.17) is 4.74 Å². The number of amides is 2. The van der Waals surface area contributed by atoms with Crippen molar-refractivity contribution < 1.29 is 22.7 Å². The van der Waals surface area contributed by atoms with Crippen LogP contribution in [0.25, 0.3) is 11.1 Å². The summed E-state index contributed by atoms with van der Waals surface area (Å²) in [7, 11) is -3.69. The van der Waals surface area contributed by atoms with Gasteiger partial charge in [-0.2, -0.15) is 4.31 Å². The van der Waals surface area contributed by atoms with Crippen molar-refractivity contribution >= 4 is 27.5 Å². The van der Waals surface area contributed by atoms with Gasteiger partial charge in [-0.05, 0) is 48.2 Å². The fraction of sp³-hybridized carbons (Fsp3) is 0.417. The van der Waals surface area contributed by atoms with E-state index in [0.717, 1.165) is 11.1 Å². The fourth-order valence-corrected chi connectivity index (χ4v) is 5.85. The molecule has 2 aromatic rings. The van der Waals surface area contributed by atoms with Crippen molar-refractivity contribution in [2.24, 2.45) is 5.92 Å². The Hall–Kier alpha value is -2.75. The standard InChI is InChI=1S/C24H29N3O5S/c1-18(28)25-22-8-4-19(5-9-22)20-6-10-23(11-7-20)33(30,31)27-12-2-3-21(17-27)24(29)26-13-15-32-16-14-26/h4-11,21H,2-3,12-17H2,1H3,(H,25,28)/t21-/m1/s1. The summed E-state index contributed by atoms with van der Waals surface area (Å²) in [6, 6.07) is 14.1. The van der Waals surface area contributed by atoms with Gasteiger partial charge in [0.2, 0.25) is 21.8 Å². The smallest absolute Gasteiger partial charge is 0.243 e. The first kappa shape index (κ1) is 23.4. The second-order valence-corrected chi connectivity index (χ2v) is 10.4. The van der Waals surface area contributed by atoms with Gasteiger partial charge in [0.15, 0.2) is 0 Å². The van der Waals surface area contributed by atoms with Crippen LogP contribution in [0.1, 0.15) is 19.8 Å². The van der Waals surface area contributed by atoms with E-state index in [2.05, 4.69) is 5.32 Å². The molecular formula is C24H29N3O5S. The highest BCUT2D eigenvalue weighted by molar-refractivity contribution is 7.89. The normalized spacial score (nSPS) is 19.8. The van der Waals surface area contributed by atoms with E-state index in [1.807, 2.05) is 12.1 Å². The van der Waals surface area contributed by atoms with Gasteiger partial charge in [-0.25, -0.2) is 8.42 Å². The van der Waals surface area contributed by atoms with Crippen LogP contribution in [0, 0.1) is 5.92 Å². The number of ether oxygens (including phenoxy) is 1. The number of morpholine rings is 1. The highest BCUT2D eigenvalue weighted by Gasteiger charge is 2.35. The lowest BCUT2D eigenvalue weighted by atomic mass is 9.98. The lowest BCUT2D eigenvalue weighted by Gasteiger charge is -2.35. The summed E-state index contributed by atoms with van der Waals surface area (Å²) in [4.78, 5) is 26.1. The predicted molar refractivity (Wildman–Crippen MR) is 125 cm³/mol. The van der Waals surface area contributed by atoms with Gasteiger partial charge in [-0.15, -0.1) is 0 Å². The third kappa shape index (κ3) is 5.43. The van der Waals surface area contributed by atoms with Gasteiger partial charge in [-0.3, -0.25) is 9.59 Å². The largest absolute Gasteiger partial charge is 0.378 e. The topological polar surface area (TPSA) is 96.0 Å². The van der Waals surface area contributed by atoms with Crippen LogP contribution in [0.15, 0.2) is 53.4 Å². The molecule has 2 aliphatic rings. The lowest BCUT2D eigenvalue weighted by molar-refractivity contribution is -0.140. The van der Waals surface area contributed by atoms with Crippen LogP contribution >= 0.6 is 0 Å². The Bertz CT molecular complexity index is 1090. The average Bonchev–Trinajstić information content (AvgIpc) is 2.84. The summed E-state index contributed by atoms with van der Waals surface area (Å²) >= 11 is 0. The van der Waals surface area contributed by atoms with E-state index in [9.17, 15) is 18.0 Å². The number of carbonyl (C=O) groups excluding carboxylic acids is 2. The molecule has 2 heterocycles. The van der Waals surface area contributed by atoms with Crippen molar-refractivity contribution in [3.8, 4) is 11.1 Å². The molecule has 2 amide bonds. The molecule has 2 saturated heterocycles. The SMILES string of the molecule is CC(=O)Nc1ccc(-c2ccc(S(=O)(=O)N3CCC[C@@H](C(=O)N4CCOCC4)C3)cc2)cc1. The van der Waals surface area contributed by atoms with Crippen LogP contribution in [-0.4, -0.2) is 68.8 Å². The van der Waals surface area contributed by atoms with Gasteiger partial charge in [0.1, 0.15) is 0 Å². The van der Waals surface area contributed by atoms with Crippen molar-refractivity contribution in [2.45, 2.75) is 24.7 Å². The van der Waals surface area contributed by atoms with Crippen LogP contribution in [0.3, 0.4) is 0 Å². The van der Waals surface area contributed by atoms with Gasteiger partial charge in [0, 0.05) is 38.8 Å². The van der Waals surface area contributed by atoms with Crippen molar-refractivity contribution in [1.29, 1.82) is 0 Å². The summed E-state index contributed by atoms with van der Waals surface area (Å²) < 4.78 is 33.3. The van der Waals surface area contributed by atoms with Crippen molar-refractivity contribution in [2.75, 3.05) is 44.7 Å². The first-order chi connectivity index (χ1) is 15.8. The molecule has 0 bridgehead atoms. The molecule has 0 unspecified atom stereocenters. The summed E-state index contributed by atoms with van der Waals surface area (Å²) in [5, 5.41) is 2.72. The maximum atomic E-state index is 13.3. The number of benzene rings is 2. The molecule has 33 heavy (non-hydrogen) atoms. The Labute approximate surface area is 194 Å². The van der Waals surface area contributed by atoms with Gasteiger partial charge in [-0.1, -0.05) is 24.3 Å². The van der Waals surface area contributed by atoms with Crippen molar-refractivity contribution in [1.82, 2.24) is 9.21 Å². The molecule has 176 valence electrons. The second-order valence-electron chi connectivity index (χ2n) is 8.42. The third-order valence-corrected chi connectivity index (χ3v) is 7.97. The molecule has 0 aliphatic carbocycles. The Morgan fingerprint density at radius 2 is 1.55 bits per heavy atom. The number of sulfonamides is 1. The van der Waals surface area contributed by atoms with Gasteiger partial charge in [0.25, 0.3) is 0 Å². The Kier molecular flexibility index (Phi) is 7.11. The number of anilines is 1.